The molecule has 0 saturated carbocycles. The third-order valence-corrected chi connectivity index (χ3v) is 3.12. The molecule has 0 aliphatic rings. The maximum Gasteiger partial charge on any atom is 0.253 e. The Bertz CT molecular complexity index is 460. The van der Waals surface area contributed by atoms with Crippen LogP contribution in [0.3, 0.4) is 0 Å². The molecule has 1 atom stereocenters. The molecule has 0 saturated heterocycles. The Morgan fingerprint density at radius 1 is 1.41 bits per heavy atom. The molecule has 17 heavy (non-hydrogen) atoms. The highest BCUT2D eigenvalue weighted by molar-refractivity contribution is 5.94. The topological polar surface area (TPSA) is 44.1 Å². The summed E-state index contributed by atoms with van der Waals surface area (Å²) in [4.78, 5) is 13.8. The highest BCUT2D eigenvalue weighted by atomic mass is 16.2. The standard InChI is InChI=1S/C14H18N2O/c1-10-5-6-13(9-11(10)2)14(17)16(4)12(3)7-8-15/h5-6,9,12H,7H2,1-4H3. The quantitative estimate of drug-likeness (QED) is 0.801. The Morgan fingerprint density at radius 3 is 2.59 bits per heavy atom. The van der Waals surface area contributed by atoms with Crippen LogP contribution in [0.1, 0.15) is 34.8 Å². The molecule has 0 spiro atoms. The molecule has 0 fully saturated rings. The smallest absolute Gasteiger partial charge is 0.253 e. The van der Waals surface area contributed by atoms with E-state index in [2.05, 4.69) is 6.07 Å². The fourth-order valence-corrected chi connectivity index (χ4v) is 1.55. The van der Waals surface area contributed by atoms with Crippen LogP contribution in [0, 0.1) is 25.2 Å². The zero-order valence-corrected chi connectivity index (χ0v) is 10.8. The minimum absolute atomic E-state index is 0.0316. The Balaban J connectivity index is 2.89. The molecule has 0 heterocycles. The van der Waals surface area contributed by atoms with Crippen molar-refractivity contribution in [2.75, 3.05) is 7.05 Å². The number of nitrogens with zero attached hydrogens (tertiary/aromatic N) is 2. The van der Waals surface area contributed by atoms with Gasteiger partial charge in [0.15, 0.2) is 0 Å². The Labute approximate surface area is 103 Å². The van der Waals surface area contributed by atoms with E-state index in [9.17, 15) is 4.79 Å². The summed E-state index contributed by atoms with van der Waals surface area (Å²) in [5.41, 5.74) is 2.96. The van der Waals surface area contributed by atoms with Gasteiger partial charge in [-0.15, -0.1) is 0 Å². The summed E-state index contributed by atoms with van der Waals surface area (Å²) in [7, 11) is 1.74. The van der Waals surface area contributed by atoms with Crippen LogP contribution >= 0.6 is 0 Å². The molecule has 1 rings (SSSR count). The predicted octanol–water partition coefficient (Wildman–Crippen LogP) is 2.68. The molecule has 1 aromatic rings. The van der Waals surface area contributed by atoms with Crippen LogP contribution < -0.4 is 0 Å². The minimum Gasteiger partial charge on any atom is -0.338 e. The van der Waals surface area contributed by atoms with Crippen LogP contribution in [0.4, 0.5) is 0 Å². The Morgan fingerprint density at radius 2 is 2.06 bits per heavy atom. The summed E-state index contributed by atoms with van der Waals surface area (Å²) >= 11 is 0. The first-order valence-corrected chi connectivity index (χ1v) is 5.68. The van der Waals surface area contributed by atoms with Crippen molar-refractivity contribution in [2.45, 2.75) is 33.2 Å². The summed E-state index contributed by atoms with van der Waals surface area (Å²) < 4.78 is 0. The van der Waals surface area contributed by atoms with Gasteiger partial charge in [0.25, 0.3) is 5.91 Å². The number of nitriles is 1. The fourth-order valence-electron chi connectivity index (χ4n) is 1.55. The van der Waals surface area contributed by atoms with Crippen LogP contribution in [-0.2, 0) is 0 Å². The lowest BCUT2D eigenvalue weighted by molar-refractivity contribution is 0.0746. The number of carbonyl (C=O) groups excluding carboxylic acids is 1. The average molecular weight is 230 g/mol. The van der Waals surface area contributed by atoms with Crippen molar-refractivity contribution >= 4 is 5.91 Å². The zero-order valence-electron chi connectivity index (χ0n) is 10.8. The first-order valence-electron chi connectivity index (χ1n) is 5.68. The molecule has 0 aliphatic carbocycles. The van der Waals surface area contributed by atoms with E-state index in [1.807, 2.05) is 39.0 Å². The molecule has 0 aliphatic heterocycles. The fraction of sp³-hybridized carbons (Fsp3) is 0.429. The molecular weight excluding hydrogens is 212 g/mol. The molecule has 0 aromatic heterocycles. The summed E-state index contributed by atoms with van der Waals surface area (Å²) in [6, 6.07) is 7.70. The van der Waals surface area contributed by atoms with Gasteiger partial charge in [0.1, 0.15) is 0 Å². The van der Waals surface area contributed by atoms with E-state index in [1.165, 1.54) is 5.56 Å². The second-order valence-electron chi connectivity index (χ2n) is 4.43. The van der Waals surface area contributed by atoms with Crippen LogP contribution in [0.15, 0.2) is 18.2 Å². The first kappa shape index (κ1) is 13.2. The van der Waals surface area contributed by atoms with E-state index < -0.39 is 0 Å². The molecule has 0 N–H and O–H groups in total. The van der Waals surface area contributed by atoms with Crippen molar-refractivity contribution in [3.05, 3.63) is 34.9 Å². The summed E-state index contributed by atoms with van der Waals surface area (Å²) in [5.74, 6) is -0.0316. The van der Waals surface area contributed by atoms with Gasteiger partial charge in [-0.3, -0.25) is 4.79 Å². The summed E-state index contributed by atoms with van der Waals surface area (Å²) in [6.07, 6.45) is 0.354. The van der Waals surface area contributed by atoms with Gasteiger partial charge >= 0.3 is 0 Å². The van der Waals surface area contributed by atoms with Crippen molar-refractivity contribution in [3.63, 3.8) is 0 Å². The molecular formula is C14H18N2O. The normalized spacial score (nSPS) is 11.7. The molecule has 0 bridgehead atoms. The molecule has 1 amide bonds. The molecule has 3 heteroatoms. The van der Waals surface area contributed by atoms with Gasteiger partial charge in [0.2, 0.25) is 0 Å². The van der Waals surface area contributed by atoms with E-state index in [0.29, 0.717) is 12.0 Å². The molecule has 1 unspecified atom stereocenters. The van der Waals surface area contributed by atoms with E-state index in [4.69, 9.17) is 5.26 Å². The van der Waals surface area contributed by atoms with Gasteiger partial charge in [0.05, 0.1) is 12.5 Å². The number of amides is 1. The second kappa shape index (κ2) is 5.49. The number of rotatable bonds is 3. The van der Waals surface area contributed by atoms with Gasteiger partial charge in [0, 0.05) is 18.7 Å². The van der Waals surface area contributed by atoms with Gasteiger partial charge in [-0.05, 0) is 44.0 Å². The number of hydrogen-bond acceptors (Lipinski definition) is 2. The Kier molecular flexibility index (Phi) is 4.28. The number of carbonyl (C=O) groups is 1. The average Bonchev–Trinajstić information content (AvgIpc) is 2.31. The van der Waals surface area contributed by atoms with Gasteiger partial charge in [-0.25, -0.2) is 0 Å². The SMILES string of the molecule is Cc1ccc(C(=O)N(C)C(C)CC#N)cc1C. The molecule has 0 radical (unpaired) electrons. The van der Waals surface area contributed by atoms with Crippen LogP contribution in [0.5, 0.6) is 0 Å². The zero-order chi connectivity index (χ0) is 13.0. The first-order chi connectivity index (χ1) is 7.97. The highest BCUT2D eigenvalue weighted by Gasteiger charge is 2.17. The van der Waals surface area contributed by atoms with E-state index in [1.54, 1.807) is 11.9 Å². The van der Waals surface area contributed by atoms with Crippen molar-refractivity contribution in [1.29, 1.82) is 5.26 Å². The highest BCUT2D eigenvalue weighted by Crippen LogP contribution is 2.13. The number of hydrogen-bond donors (Lipinski definition) is 0. The van der Waals surface area contributed by atoms with Crippen LogP contribution in [0.2, 0.25) is 0 Å². The number of benzene rings is 1. The lowest BCUT2D eigenvalue weighted by atomic mass is 10.0. The summed E-state index contributed by atoms with van der Waals surface area (Å²) in [6.45, 7) is 5.89. The van der Waals surface area contributed by atoms with Gasteiger partial charge in [-0.2, -0.15) is 5.26 Å². The van der Waals surface area contributed by atoms with Crippen molar-refractivity contribution in [3.8, 4) is 6.07 Å². The maximum atomic E-state index is 12.1. The van der Waals surface area contributed by atoms with Gasteiger partial charge < -0.3 is 4.90 Å². The van der Waals surface area contributed by atoms with Crippen molar-refractivity contribution in [1.82, 2.24) is 4.90 Å². The third-order valence-electron chi connectivity index (χ3n) is 3.12. The summed E-state index contributed by atoms with van der Waals surface area (Å²) in [5, 5.41) is 8.63. The minimum atomic E-state index is -0.0610. The molecule has 3 nitrogen and oxygen atoms in total. The van der Waals surface area contributed by atoms with Crippen molar-refractivity contribution in [2.24, 2.45) is 0 Å². The molecule has 90 valence electrons. The monoisotopic (exact) mass is 230 g/mol. The second-order valence-corrected chi connectivity index (χ2v) is 4.43. The third kappa shape index (κ3) is 3.07. The molecule has 1 aromatic carbocycles. The van der Waals surface area contributed by atoms with Crippen molar-refractivity contribution < 1.29 is 4.79 Å². The predicted molar refractivity (Wildman–Crippen MR) is 67.7 cm³/mol. The number of aryl methyl sites for hydroxylation is 2. The van der Waals surface area contributed by atoms with Crippen LogP contribution in [0.25, 0.3) is 0 Å². The maximum absolute atomic E-state index is 12.1. The lowest BCUT2D eigenvalue weighted by Crippen LogP contribution is -2.34. The van der Waals surface area contributed by atoms with Crippen LogP contribution in [-0.4, -0.2) is 23.9 Å². The van der Waals surface area contributed by atoms with E-state index >= 15 is 0 Å². The van der Waals surface area contributed by atoms with E-state index in [-0.39, 0.29) is 11.9 Å². The Hall–Kier alpha value is -1.82. The lowest BCUT2D eigenvalue weighted by Gasteiger charge is -2.23. The van der Waals surface area contributed by atoms with Gasteiger partial charge in [-0.1, -0.05) is 6.07 Å². The van der Waals surface area contributed by atoms with E-state index in [0.717, 1.165) is 5.56 Å². The largest absolute Gasteiger partial charge is 0.338 e.